The number of aromatic hydroxyl groups is 1. The van der Waals surface area contributed by atoms with E-state index in [1.54, 1.807) is 24.0 Å². The minimum Gasteiger partial charge on any atom is -0.502 e. The summed E-state index contributed by atoms with van der Waals surface area (Å²) in [7, 11) is 4.44. The van der Waals surface area contributed by atoms with Crippen molar-refractivity contribution in [3.8, 4) is 23.0 Å². The Hall–Kier alpha value is -3.20. The lowest BCUT2D eigenvalue weighted by Gasteiger charge is -2.29. The van der Waals surface area contributed by atoms with Gasteiger partial charge in [-0.05, 0) is 13.0 Å². The maximum Gasteiger partial charge on any atom is 0.227 e. The van der Waals surface area contributed by atoms with E-state index in [2.05, 4.69) is 0 Å². The lowest BCUT2D eigenvalue weighted by atomic mass is 9.90. The molecular formula is C22H27NO8. The van der Waals surface area contributed by atoms with Crippen molar-refractivity contribution in [3.05, 3.63) is 45.5 Å². The van der Waals surface area contributed by atoms with Crippen molar-refractivity contribution in [2.75, 3.05) is 47.6 Å². The molecule has 9 nitrogen and oxygen atoms in total. The Morgan fingerprint density at radius 2 is 1.81 bits per heavy atom. The molecule has 0 saturated carbocycles. The van der Waals surface area contributed by atoms with Crippen LogP contribution in [-0.4, -0.2) is 63.5 Å². The zero-order chi connectivity index (χ0) is 22.5. The Bertz CT molecular complexity index is 994. The van der Waals surface area contributed by atoms with E-state index >= 15 is 0 Å². The third-order valence-corrected chi connectivity index (χ3v) is 5.24. The number of hydrogen-bond acceptors (Lipinski definition) is 8. The summed E-state index contributed by atoms with van der Waals surface area (Å²) in [5.74, 6) is -0.0749. The van der Waals surface area contributed by atoms with Gasteiger partial charge in [-0.3, -0.25) is 9.59 Å². The van der Waals surface area contributed by atoms with Crippen molar-refractivity contribution in [2.45, 2.75) is 19.3 Å². The minimum atomic E-state index is -0.794. The molecule has 1 aromatic heterocycles. The summed E-state index contributed by atoms with van der Waals surface area (Å²) in [6, 6.07) is 4.58. The van der Waals surface area contributed by atoms with Gasteiger partial charge in [-0.15, -0.1) is 0 Å². The van der Waals surface area contributed by atoms with Crippen LogP contribution in [0.4, 0.5) is 0 Å². The van der Waals surface area contributed by atoms with Gasteiger partial charge in [-0.1, -0.05) is 6.07 Å². The topological polar surface area (TPSA) is 108 Å². The summed E-state index contributed by atoms with van der Waals surface area (Å²) in [5.41, 5.74) is -0.0622. The number of nitrogens with zero attached hydrogens (tertiary/aromatic N) is 1. The fourth-order valence-corrected chi connectivity index (χ4v) is 3.72. The van der Waals surface area contributed by atoms with Crippen LogP contribution in [0, 0.1) is 6.92 Å². The summed E-state index contributed by atoms with van der Waals surface area (Å²) in [5, 5.41) is 10.5. The van der Waals surface area contributed by atoms with Crippen molar-refractivity contribution in [2.24, 2.45) is 0 Å². The summed E-state index contributed by atoms with van der Waals surface area (Å²) >= 11 is 0. The van der Waals surface area contributed by atoms with E-state index in [1.807, 2.05) is 0 Å². The van der Waals surface area contributed by atoms with Crippen molar-refractivity contribution < 1.29 is 33.3 Å². The molecule has 0 spiro atoms. The Kier molecular flexibility index (Phi) is 7.06. The van der Waals surface area contributed by atoms with Gasteiger partial charge in [-0.25, -0.2) is 0 Å². The standard InChI is InChI=1S/C22H27NO8/c1-13-11-16(24)19(26)20(31-13)15(12-18(25)23-7-9-30-10-8-23)14-5-6-17(27-2)22(29-4)21(14)28-3/h5-6,11,15,26H,7-10,12H2,1-4H3. The average molecular weight is 433 g/mol. The molecule has 1 fully saturated rings. The third-order valence-electron chi connectivity index (χ3n) is 5.24. The van der Waals surface area contributed by atoms with Gasteiger partial charge in [0.25, 0.3) is 0 Å². The van der Waals surface area contributed by atoms with E-state index in [1.165, 1.54) is 27.4 Å². The van der Waals surface area contributed by atoms with Gasteiger partial charge in [0.1, 0.15) is 5.76 Å². The molecule has 2 heterocycles. The van der Waals surface area contributed by atoms with Gasteiger partial charge in [-0.2, -0.15) is 0 Å². The first-order chi connectivity index (χ1) is 14.9. The van der Waals surface area contributed by atoms with Gasteiger partial charge in [0, 0.05) is 31.1 Å². The Morgan fingerprint density at radius 1 is 1.13 bits per heavy atom. The smallest absolute Gasteiger partial charge is 0.227 e. The molecule has 1 amide bonds. The molecule has 1 saturated heterocycles. The zero-order valence-electron chi connectivity index (χ0n) is 18.1. The van der Waals surface area contributed by atoms with Gasteiger partial charge in [0.15, 0.2) is 17.3 Å². The fraction of sp³-hybridized carbons (Fsp3) is 0.455. The van der Waals surface area contributed by atoms with Crippen molar-refractivity contribution in [1.29, 1.82) is 0 Å². The quantitative estimate of drug-likeness (QED) is 0.707. The first-order valence-electron chi connectivity index (χ1n) is 9.89. The average Bonchev–Trinajstić information content (AvgIpc) is 2.79. The molecule has 168 valence electrons. The van der Waals surface area contributed by atoms with E-state index < -0.39 is 17.1 Å². The number of carbonyl (C=O) groups is 1. The third kappa shape index (κ3) is 4.61. The van der Waals surface area contributed by atoms with Crippen LogP contribution >= 0.6 is 0 Å². The Balaban J connectivity index is 2.15. The maximum atomic E-state index is 13.1. The number of hydrogen-bond donors (Lipinski definition) is 1. The molecule has 1 aliphatic heterocycles. The molecule has 1 aliphatic rings. The predicted octanol–water partition coefficient (Wildman–Crippen LogP) is 2.06. The van der Waals surface area contributed by atoms with Gasteiger partial charge >= 0.3 is 0 Å². The number of carbonyl (C=O) groups excluding carboxylic acids is 1. The van der Waals surface area contributed by atoms with Crippen molar-refractivity contribution >= 4 is 5.91 Å². The number of ether oxygens (including phenoxy) is 4. The maximum absolute atomic E-state index is 13.1. The molecule has 1 aromatic carbocycles. The van der Waals surface area contributed by atoms with E-state index in [0.717, 1.165) is 0 Å². The molecule has 0 bridgehead atoms. The Labute approximate surface area is 180 Å². The number of aryl methyl sites for hydroxylation is 1. The molecular weight excluding hydrogens is 406 g/mol. The SMILES string of the molecule is COc1ccc(C(CC(=O)N2CCOCC2)c2oc(C)cc(=O)c2O)c(OC)c1OC. The summed E-state index contributed by atoms with van der Waals surface area (Å²) < 4.78 is 27.5. The molecule has 9 heteroatoms. The highest BCUT2D eigenvalue weighted by molar-refractivity contribution is 5.78. The second-order valence-corrected chi connectivity index (χ2v) is 7.11. The predicted molar refractivity (Wildman–Crippen MR) is 111 cm³/mol. The lowest BCUT2D eigenvalue weighted by Crippen LogP contribution is -2.41. The highest BCUT2D eigenvalue weighted by Crippen LogP contribution is 2.46. The van der Waals surface area contributed by atoms with Crippen LogP contribution < -0.4 is 19.6 Å². The van der Waals surface area contributed by atoms with E-state index in [0.29, 0.717) is 54.9 Å². The number of rotatable bonds is 7. The number of morpholine rings is 1. The van der Waals surface area contributed by atoms with E-state index in [4.69, 9.17) is 23.4 Å². The summed E-state index contributed by atoms with van der Waals surface area (Å²) in [6.45, 7) is 3.47. The van der Waals surface area contributed by atoms with Crippen molar-refractivity contribution in [1.82, 2.24) is 4.90 Å². The molecule has 2 aromatic rings. The van der Waals surface area contributed by atoms with Crippen LogP contribution in [0.15, 0.2) is 27.4 Å². The van der Waals surface area contributed by atoms with Crippen LogP contribution in [-0.2, 0) is 9.53 Å². The highest BCUT2D eigenvalue weighted by atomic mass is 16.5. The lowest BCUT2D eigenvalue weighted by molar-refractivity contribution is -0.135. The first-order valence-corrected chi connectivity index (χ1v) is 9.89. The first kappa shape index (κ1) is 22.5. The van der Waals surface area contributed by atoms with Crippen LogP contribution in [0.1, 0.15) is 29.4 Å². The molecule has 1 unspecified atom stereocenters. The van der Waals surface area contributed by atoms with Gasteiger partial charge < -0.3 is 33.4 Å². The molecule has 1 N–H and O–H groups in total. The minimum absolute atomic E-state index is 0.00266. The number of methoxy groups -OCH3 is 3. The van der Waals surface area contributed by atoms with Gasteiger partial charge in [0.05, 0.1) is 40.5 Å². The van der Waals surface area contributed by atoms with Crippen LogP contribution in [0.25, 0.3) is 0 Å². The van der Waals surface area contributed by atoms with E-state index in [9.17, 15) is 14.7 Å². The van der Waals surface area contributed by atoms with Crippen LogP contribution in [0.5, 0.6) is 23.0 Å². The van der Waals surface area contributed by atoms with E-state index in [-0.39, 0.29) is 18.1 Å². The van der Waals surface area contributed by atoms with Gasteiger partial charge in [0.2, 0.25) is 22.8 Å². The summed E-state index contributed by atoms with van der Waals surface area (Å²) in [6.07, 6.45) is -0.0498. The number of amides is 1. The number of benzene rings is 1. The molecule has 0 aliphatic carbocycles. The monoisotopic (exact) mass is 433 g/mol. The second kappa shape index (κ2) is 9.74. The van der Waals surface area contributed by atoms with Crippen molar-refractivity contribution in [3.63, 3.8) is 0 Å². The van der Waals surface area contributed by atoms with Crippen LogP contribution in [0.3, 0.4) is 0 Å². The molecule has 3 rings (SSSR count). The fourth-order valence-electron chi connectivity index (χ4n) is 3.72. The molecule has 1 atom stereocenters. The molecule has 31 heavy (non-hydrogen) atoms. The zero-order valence-corrected chi connectivity index (χ0v) is 18.1. The highest BCUT2D eigenvalue weighted by Gasteiger charge is 2.32. The second-order valence-electron chi connectivity index (χ2n) is 7.11. The normalized spacial score (nSPS) is 14.8. The van der Waals surface area contributed by atoms with Crippen LogP contribution in [0.2, 0.25) is 0 Å². The largest absolute Gasteiger partial charge is 0.502 e. The summed E-state index contributed by atoms with van der Waals surface area (Å²) in [4.78, 5) is 27.0. The Morgan fingerprint density at radius 3 is 2.42 bits per heavy atom. The molecule has 0 radical (unpaired) electrons.